The number of anilines is 1. The van der Waals surface area contributed by atoms with Crippen molar-refractivity contribution in [2.75, 3.05) is 18.5 Å². The highest BCUT2D eigenvalue weighted by atomic mass is 19.1. The molecule has 1 atom stereocenters. The first-order valence-electron chi connectivity index (χ1n) is 6.93. The maximum atomic E-state index is 13.4. The van der Waals surface area contributed by atoms with E-state index in [9.17, 15) is 9.50 Å². The Morgan fingerprint density at radius 1 is 1.10 bits per heavy atom. The summed E-state index contributed by atoms with van der Waals surface area (Å²) in [6.45, 7) is 4.41. The average molecular weight is 289 g/mol. The zero-order chi connectivity index (χ0) is 15.2. The number of aryl methyl sites for hydroxylation is 2. The van der Waals surface area contributed by atoms with Crippen LogP contribution in [0.2, 0.25) is 0 Å². The van der Waals surface area contributed by atoms with Crippen LogP contribution >= 0.6 is 0 Å². The van der Waals surface area contributed by atoms with Gasteiger partial charge in [-0.1, -0.05) is 30.3 Å². The van der Waals surface area contributed by atoms with Crippen molar-refractivity contribution in [3.63, 3.8) is 0 Å². The smallest absolute Gasteiger partial charge is 0.165 e. The van der Waals surface area contributed by atoms with E-state index in [1.165, 1.54) is 6.07 Å². The summed E-state index contributed by atoms with van der Waals surface area (Å²) >= 11 is 0. The third kappa shape index (κ3) is 4.20. The van der Waals surface area contributed by atoms with Gasteiger partial charge in [0.25, 0.3) is 0 Å². The number of hydrogen-bond acceptors (Lipinski definition) is 3. The fourth-order valence-electron chi connectivity index (χ4n) is 2.12. The molecule has 2 rings (SSSR count). The highest BCUT2D eigenvalue weighted by Gasteiger charge is 2.09. The Kier molecular flexibility index (Phi) is 5.17. The first-order valence-corrected chi connectivity index (χ1v) is 6.93. The molecule has 2 aromatic carbocycles. The summed E-state index contributed by atoms with van der Waals surface area (Å²) in [5, 5.41) is 13.1. The highest BCUT2D eigenvalue weighted by molar-refractivity contribution is 5.56. The standard InChI is InChI=1S/C17H20FNO2/c1-12-6-5-7-13(2)17(12)19-10-14(20)11-21-16-9-4-3-8-15(16)18/h3-9,14,19-20H,10-11H2,1-2H3. The quantitative estimate of drug-likeness (QED) is 0.857. The zero-order valence-electron chi connectivity index (χ0n) is 12.3. The van der Waals surface area contributed by atoms with Crippen LogP contribution in [-0.2, 0) is 0 Å². The molecule has 3 nitrogen and oxygen atoms in total. The van der Waals surface area contributed by atoms with Crippen molar-refractivity contribution in [1.29, 1.82) is 0 Å². The van der Waals surface area contributed by atoms with Gasteiger partial charge in [0, 0.05) is 12.2 Å². The van der Waals surface area contributed by atoms with Gasteiger partial charge in [0.1, 0.15) is 12.7 Å². The molecule has 0 amide bonds. The van der Waals surface area contributed by atoms with Crippen molar-refractivity contribution in [3.8, 4) is 5.75 Å². The van der Waals surface area contributed by atoms with Crippen LogP contribution in [0.3, 0.4) is 0 Å². The summed E-state index contributed by atoms with van der Waals surface area (Å²) in [7, 11) is 0. The van der Waals surface area contributed by atoms with Crippen LogP contribution in [0.4, 0.5) is 10.1 Å². The van der Waals surface area contributed by atoms with Crippen LogP contribution < -0.4 is 10.1 Å². The maximum absolute atomic E-state index is 13.4. The van der Waals surface area contributed by atoms with E-state index in [1.807, 2.05) is 32.0 Å². The van der Waals surface area contributed by atoms with Gasteiger partial charge in [0.2, 0.25) is 0 Å². The lowest BCUT2D eigenvalue weighted by Crippen LogP contribution is -2.27. The zero-order valence-corrected chi connectivity index (χ0v) is 12.3. The van der Waals surface area contributed by atoms with Gasteiger partial charge in [-0.05, 0) is 37.1 Å². The number of ether oxygens (including phenoxy) is 1. The molecule has 21 heavy (non-hydrogen) atoms. The van der Waals surface area contributed by atoms with Crippen LogP contribution in [0.25, 0.3) is 0 Å². The molecule has 0 aromatic heterocycles. The van der Waals surface area contributed by atoms with Gasteiger partial charge in [0.15, 0.2) is 11.6 Å². The second-order valence-corrected chi connectivity index (χ2v) is 5.04. The molecule has 0 saturated carbocycles. The molecule has 0 radical (unpaired) electrons. The number of hydrogen-bond donors (Lipinski definition) is 2. The molecule has 0 fully saturated rings. The Balaban J connectivity index is 1.85. The van der Waals surface area contributed by atoms with Crippen LogP contribution in [-0.4, -0.2) is 24.4 Å². The minimum atomic E-state index is -0.719. The predicted octanol–water partition coefficient (Wildman–Crippen LogP) is 3.29. The Bertz CT molecular complexity index is 581. The molecule has 0 bridgehead atoms. The number of aliphatic hydroxyl groups excluding tert-OH is 1. The van der Waals surface area contributed by atoms with Crippen molar-refractivity contribution in [3.05, 3.63) is 59.4 Å². The van der Waals surface area contributed by atoms with E-state index in [2.05, 4.69) is 5.32 Å². The number of aliphatic hydroxyl groups is 1. The second kappa shape index (κ2) is 7.09. The summed E-state index contributed by atoms with van der Waals surface area (Å²) in [5.74, 6) is -0.268. The molecule has 2 aromatic rings. The number of benzene rings is 2. The molecule has 0 aliphatic heterocycles. The first kappa shape index (κ1) is 15.3. The van der Waals surface area contributed by atoms with Gasteiger partial charge in [-0.25, -0.2) is 4.39 Å². The Morgan fingerprint density at radius 3 is 2.43 bits per heavy atom. The molecule has 0 aliphatic carbocycles. The van der Waals surface area contributed by atoms with Crippen LogP contribution in [0.1, 0.15) is 11.1 Å². The van der Waals surface area contributed by atoms with Crippen LogP contribution in [0, 0.1) is 19.7 Å². The van der Waals surface area contributed by atoms with Crippen molar-refractivity contribution in [1.82, 2.24) is 0 Å². The molecule has 112 valence electrons. The third-order valence-electron chi connectivity index (χ3n) is 3.26. The Labute approximate surface area is 124 Å². The highest BCUT2D eigenvalue weighted by Crippen LogP contribution is 2.19. The molecule has 2 N–H and O–H groups in total. The molecule has 4 heteroatoms. The van der Waals surface area contributed by atoms with E-state index in [-0.39, 0.29) is 12.4 Å². The summed E-state index contributed by atoms with van der Waals surface area (Å²) in [4.78, 5) is 0. The second-order valence-electron chi connectivity index (χ2n) is 5.04. The number of rotatable bonds is 6. The van der Waals surface area contributed by atoms with Gasteiger partial charge >= 0.3 is 0 Å². The van der Waals surface area contributed by atoms with Crippen molar-refractivity contribution < 1.29 is 14.2 Å². The summed E-state index contributed by atoms with van der Waals surface area (Å²) in [6, 6.07) is 12.2. The fourth-order valence-corrected chi connectivity index (χ4v) is 2.12. The summed E-state index contributed by atoms with van der Waals surface area (Å²) in [6.07, 6.45) is -0.719. The van der Waals surface area contributed by atoms with E-state index >= 15 is 0 Å². The third-order valence-corrected chi connectivity index (χ3v) is 3.26. The minimum Gasteiger partial charge on any atom is -0.488 e. The molecule has 0 saturated heterocycles. The van der Waals surface area contributed by atoms with Gasteiger partial charge in [-0.2, -0.15) is 0 Å². The van der Waals surface area contributed by atoms with E-state index in [4.69, 9.17) is 4.74 Å². The van der Waals surface area contributed by atoms with Crippen LogP contribution in [0.5, 0.6) is 5.75 Å². The number of nitrogens with one attached hydrogen (secondary N) is 1. The monoisotopic (exact) mass is 289 g/mol. The van der Waals surface area contributed by atoms with E-state index in [0.717, 1.165) is 16.8 Å². The van der Waals surface area contributed by atoms with Gasteiger partial charge in [-0.15, -0.1) is 0 Å². The molecule has 0 heterocycles. The lowest BCUT2D eigenvalue weighted by Gasteiger charge is -2.17. The Morgan fingerprint density at radius 2 is 1.76 bits per heavy atom. The van der Waals surface area contributed by atoms with Crippen LogP contribution in [0.15, 0.2) is 42.5 Å². The van der Waals surface area contributed by atoms with Crippen molar-refractivity contribution in [2.24, 2.45) is 0 Å². The topological polar surface area (TPSA) is 41.5 Å². The minimum absolute atomic E-state index is 0.0405. The van der Waals surface area contributed by atoms with E-state index in [0.29, 0.717) is 6.54 Å². The predicted molar refractivity (Wildman–Crippen MR) is 82.3 cm³/mol. The summed E-state index contributed by atoms with van der Waals surface area (Å²) < 4.78 is 18.7. The van der Waals surface area contributed by atoms with Gasteiger partial charge in [0.05, 0.1) is 0 Å². The van der Waals surface area contributed by atoms with E-state index in [1.54, 1.807) is 18.2 Å². The lowest BCUT2D eigenvalue weighted by molar-refractivity contribution is 0.115. The fraction of sp³-hybridized carbons (Fsp3) is 0.294. The molecular formula is C17H20FNO2. The average Bonchev–Trinajstić information content (AvgIpc) is 2.46. The number of para-hydroxylation sites is 2. The molecule has 0 aliphatic rings. The Hall–Kier alpha value is -2.07. The maximum Gasteiger partial charge on any atom is 0.165 e. The normalized spacial score (nSPS) is 12.0. The lowest BCUT2D eigenvalue weighted by atomic mass is 10.1. The largest absolute Gasteiger partial charge is 0.488 e. The SMILES string of the molecule is Cc1cccc(C)c1NCC(O)COc1ccccc1F. The van der Waals surface area contributed by atoms with E-state index < -0.39 is 11.9 Å². The number of halogens is 1. The molecular weight excluding hydrogens is 269 g/mol. The van der Waals surface area contributed by atoms with Gasteiger partial charge < -0.3 is 15.2 Å². The van der Waals surface area contributed by atoms with Crippen molar-refractivity contribution >= 4 is 5.69 Å². The molecule has 0 spiro atoms. The summed E-state index contributed by atoms with van der Waals surface area (Å²) in [5.41, 5.74) is 3.26. The van der Waals surface area contributed by atoms with Crippen molar-refractivity contribution in [2.45, 2.75) is 20.0 Å². The van der Waals surface area contributed by atoms with Gasteiger partial charge in [-0.3, -0.25) is 0 Å². The first-order chi connectivity index (χ1) is 10.1. The molecule has 1 unspecified atom stereocenters.